The number of aromatic hydroxyl groups is 1. The van der Waals surface area contributed by atoms with Crippen LogP contribution in [0.4, 0.5) is 0 Å². The Labute approximate surface area is 90.1 Å². The number of rotatable bonds is 1. The van der Waals surface area contributed by atoms with Crippen LogP contribution < -0.4 is 5.73 Å². The Bertz CT molecular complexity index is 373. The van der Waals surface area contributed by atoms with Crippen molar-refractivity contribution in [3.63, 3.8) is 0 Å². The molecule has 2 aliphatic rings. The molecule has 0 aliphatic heterocycles. The minimum Gasteiger partial charge on any atom is -0.508 e. The maximum atomic E-state index is 9.27. The lowest BCUT2D eigenvalue weighted by molar-refractivity contribution is 0.276. The van der Waals surface area contributed by atoms with Gasteiger partial charge in [-0.15, -0.1) is 0 Å². The average molecular weight is 203 g/mol. The Balaban J connectivity index is 1.96. The molecule has 2 heteroatoms. The highest BCUT2D eigenvalue weighted by molar-refractivity contribution is 5.33. The molecule has 0 unspecified atom stereocenters. The van der Waals surface area contributed by atoms with E-state index in [1.165, 1.54) is 24.8 Å². The van der Waals surface area contributed by atoms with Crippen LogP contribution in [-0.4, -0.2) is 5.11 Å². The summed E-state index contributed by atoms with van der Waals surface area (Å²) in [6, 6.07) is 7.46. The quantitative estimate of drug-likeness (QED) is 0.736. The van der Waals surface area contributed by atoms with Crippen LogP contribution in [0.5, 0.6) is 5.75 Å². The average Bonchev–Trinajstić information content (AvgIpc) is 2.78. The van der Waals surface area contributed by atoms with Gasteiger partial charge in [-0.2, -0.15) is 0 Å². The Hall–Kier alpha value is -1.02. The van der Waals surface area contributed by atoms with Crippen LogP contribution in [0.25, 0.3) is 0 Å². The number of nitrogens with two attached hydrogens (primary N) is 1. The molecule has 3 rings (SSSR count). The minimum absolute atomic E-state index is 0.114. The van der Waals surface area contributed by atoms with Gasteiger partial charge in [0.25, 0.3) is 0 Å². The second-order valence-corrected chi connectivity index (χ2v) is 5.17. The molecule has 1 aromatic carbocycles. The van der Waals surface area contributed by atoms with E-state index >= 15 is 0 Å². The Kier molecular flexibility index (Phi) is 1.84. The third-order valence-electron chi connectivity index (χ3n) is 4.30. The summed E-state index contributed by atoms with van der Waals surface area (Å²) in [4.78, 5) is 0. The van der Waals surface area contributed by atoms with Gasteiger partial charge in [0.05, 0.1) is 0 Å². The molecule has 0 amide bonds. The van der Waals surface area contributed by atoms with E-state index in [4.69, 9.17) is 5.73 Å². The summed E-state index contributed by atoms with van der Waals surface area (Å²) in [5.74, 6) is 1.83. The van der Waals surface area contributed by atoms with Gasteiger partial charge in [0.2, 0.25) is 0 Å². The molecule has 0 saturated heterocycles. The molecule has 0 radical (unpaired) electrons. The van der Waals surface area contributed by atoms with Crippen LogP contribution in [0.1, 0.15) is 31.2 Å². The van der Waals surface area contributed by atoms with Crippen LogP contribution >= 0.6 is 0 Å². The topological polar surface area (TPSA) is 46.2 Å². The van der Waals surface area contributed by atoms with Crippen molar-refractivity contribution in [2.75, 3.05) is 0 Å². The summed E-state index contributed by atoms with van der Waals surface area (Å²) in [5.41, 5.74) is 7.62. The Morgan fingerprint density at radius 2 is 1.93 bits per heavy atom. The van der Waals surface area contributed by atoms with E-state index in [2.05, 4.69) is 0 Å². The number of phenolic OH excluding ortho intramolecular Hbond substituents is 1. The lowest BCUT2D eigenvalue weighted by Crippen LogP contribution is -2.41. The summed E-state index contributed by atoms with van der Waals surface area (Å²) in [6.07, 6.45) is 5.07. The predicted molar refractivity (Wildman–Crippen MR) is 59.4 cm³/mol. The van der Waals surface area contributed by atoms with Crippen molar-refractivity contribution in [2.45, 2.75) is 31.2 Å². The van der Waals surface area contributed by atoms with Gasteiger partial charge in [0.1, 0.15) is 5.75 Å². The van der Waals surface area contributed by atoms with E-state index in [1.54, 1.807) is 12.1 Å². The zero-order valence-electron chi connectivity index (χ0n) is 8.82. The van der Waals surface area contributed by atoms with Crippen molar-refractivity contribution >= 4 is 0 Å². The molecule has 3 N–H and O–H groups in total. The molecule has 0 aromatic heterocycles. The summed E-state index contributed by atoms with van der Waals surface area (Å²) in [5, 5.41) is 9.27. The van der Waals surface area contributed by atoms with Crippen LogP contribution in [-0.2, 0) is 5.54 Å². The number of hydrogen-bond acceptors (Lipinski definition) is 2. The first-order valence-electron chi connectivity index (χ1n) is 5.77. The molecule has 0 spiro atoms. The standard InChI is InChI=1S/C13H17NO/c14-13(8-9-1-2-11(13)7-9)10-3-5-12(15)6-4-10/h3-6,9,11,15H,1-2,7-8,14H2/t9-,11+,13-/m0/s1. The Morgan fingerprint density at radius 1 is 1.20 bits per heavy atom. The van der Waals surface area contributed by atoms with Gasteiger partial charge in [-0.1, -0.05) is 18.6 Å². The molecule has 1 aromatic rings. The third kappa shape index (κ3) is 1.28. The summed E-state index contributed by atoms with van der Waals surface area (Å²) in [6.45, 7) is 0. The largest absolute Gasteiger partial charge is 0.508 e. The van der Waals surface area contributed by atoms with E-state index in [1.807, 2.05) is 12.1 Å². The van der Waals surface area contributed by atoms with Crippen LogP contribution in [0, 0.1) is 11.8 Å². The van der Waals surface area contributed by atoms with Gasteiger partial charge in [0, 0.05) is 5.54 Å². The Morgan fingerprint density at radius 3 is 2.47 bits per heavy atom. The van der Waals surface area contributed by atoms with E-state index < -0.39 is 0 Å². The van der Waals surface area contributed by atoms with Crippen molar-refractivity contribution < 1.29 is 5.11 Å². The van der Waals surface area contributed by atoms with Crippen molar-refractivity contribution in [1.29, 1.82) is 0 Å². The lowest BCUT2D eigenvalue weighted by Gasteiger charge is -2.34. The van der Waals surface area contributed by atoms with Gasteiger partial charge < -0.3 is 10.8 Å². The number of hydrogen-bond donors (Lipinski definition) is 2. The second kappa shape index (κ2) is 2.99. The summed E-state index contributed by atoms with van der Waals surface area (Å²) in [7, 11) is 0. The summed E-state index contributed by atoms with van der Waals surface area (Å²) >= 11 is 0. The van der Waals surface area contributed by atoms with Crippen molar-refractivity contribution in [2.24, 2.45) is 17.6 Å². The fourth-order valence-corrected chi connectivity index (χ4v) is 3.50. The first kappa shape index (κ1) is 9.22. The molecule has 2 fully saturated rings. The van der Waals surface area contributed by atoms with E-state index in [0.29, 0.717) is 11.7 Å². The van der Waals surface area contributed by atoms with Crippen molar-refractivity contribution in [3.8, 4) is 5.75 Å². The SMILES string of the molecule is N[C@]1(c2ccc(O)cc2)C[C@H]2CC[C@@H]1C2. The monoisotopic (exact) mass is 203 g/mol. The predicted octanol–water partition coefficient (Wildman–Crippen LogP) is 2.37. The van der Waals surface area contributed by atoms with E-state index in [-0.39, 0.29) is 5.54 Å². The molecular weight excluding hydrogens is 186 g/mol. The molecule has 2 bridgehead atoms. The van der Waals surface area contributed by atoms with Crippen molar-refractivity contribution in [1.82, 2.24) is 0 Å². The molecule has 2 nitrogen and oxygen atoms in total. The van der Waals surface area contributed by atoms with E-state index in [0.717, 1.165) is 12.3 Å². The highest BCUT2D eigenvalue weighted by Crippen LogP contribution is 2.54. The first-order valence-corrected chi connectivity index (χ1v) is 5.77. The molecule has 2 aliphatic carbocycles. The van der Waals surface area contributed by atoms with Crippen LogP contribution in [0.3, 0.4) is 0 Å². The maximum Gasteiger partial charge on any atom is 0.115 e. The maximum absolute atomic E-state index is 9.27. The van der Waals surface area contributed by atoms with Crippen molar-refractivity contribution in [3.05, 3.63) is 29.8 Å². The molecule has 15 heavy (non-hydrogen) atoms. The lowest BCUT2D eigenvalue weighted by atomic mass is 9.77. The molecule has 3 atom stereocenters. The fraction of sp³-hybridized carbons (Fsp3) is 0.538. The second-order valence-electron chi connectivity index (χ2n) is 5.17. The number of phenols is 1. The number of fused-ring (bicyclic) bond motifs is 2. The highest BCUT2D eigenvalue weighted by atomic mass is 16.3. The molecule has 0 heterocycles. The smallest absolute Gasteiger partial charge is 0.115 e. The first-order chi connectivity index (χ1) is 7.18. The van der Waals surface area contributed by atoms with Crippen LogP contribution in [0.2, 0.25) is 0 Å². The third-order valence-corrected chi connectivity index (χ3v) is 4.30. The highest BCUT2D eigenvalue weighted by Gasteiger charge is 2.49. The van der Waals surface area contributed by atoms with Gasteiger partial charge >= 0.3 is 0 Å². The number of benzene rings is 1. The van der Waals surface area contributed by atoms with E-state index in [9.17, 15) is 5.11 Å². The zero-order chi connectivity index (χ0) is 10.5. The normalized spacial score (nSPS) is 38.5. The van der Waals surface area contributed by atoms with Crippen LogP contribution in [0.15, 0.2) is 24.3 Å². The minimum atomic E-state index is -0.114. The van der Waals surface area contributed by atoms with Gasteiger partial charge in [-0.25, -0.2) is 0 Å². The fourth-order valence-electron chi connectivity index (χ4n) is 3.50. The van der Waals surface area contributed by atoms with Gasteiger partial charge in [-0.05, 0) is 48.8 Å². The molecular formula is C13H17NO. The van der Waals surface area contributed by atoms with Gasteiger partial charge in [0.15, 0.2) is 0 Å². The summed E-state index contributed by atoms with van der Waals surface area (Å²) < 4.78 is 0. The molecule has 2 saturated carbocycles. The van der Waals surface area contributed by atoms with Gasteiger partial charge in [-0.3, -0.25) is 0 Å². The zero-order valence-corrected chi connectivity index (χ0v) is 8.82. The molecule has 80 valence electrons.